The monoisotopic (exact) mass is 279 g/mol. The number of aromatic nitrogens is 2. The number of hydrogen-bond donors (Lipinski definition) is 2. The molecule has 0 spiro atoms. The Hall–Kier alpha value is -0.730. The van der Waals surface area contributed by atoms with Gasteiger partial charge in [-0.05, 0) is 13.3 Å². The van der Waals surface area contributed by atoms with E-state index in [1.165, 1.54) is 6.20 Å². The van der Waals surface area contributed by atoms with Crippen molar-refractivity contribution < 1.29 is 12.6 Å². The van der Waals surface area contributed by atoms with Crippen LogP contribution < -0.4 is 4.72 Å². The number of aromatic amines is 1. The van der Waals surface area contributed by atoms with E-state index < -0.39 is 20.8 Å². The molecule has 1 aromatic rings. The van der Waals surface area contributed by atoms with Crippen molar-refractivity contribution in [3.63, 3.8) is 0 Å². The second-order valence-corrected chi connectivity index (χ2v) is 7.39. The lowest BCUT2D eigenvalue weighted by Gasteiger charge is -2.09. The molecule has 0 bridgehead atoms. The number of nitrogens with zero attached hydrogens (tertiary/aromatic N) is 1. The Morgan fingerprint density at radius 2 is 2.24 bits per heavy atom. The highest BCUT2D eigenvalue weighted by Gasteiger charge is 2.18. The first-order valence-electron chi connectivity index (χ1n) is 5.16. The van der Waals surface area contributed by atoms with Crippen molar-refractivity contribution in [1.29, 1.82) is 0 Å². The predicted octanol–water partition coefficient (Wildman–Crippen LogP) is 0.154. The summed E-state index contributed by atoms with van der Waals surface area (Å²) in [5.41, 5.74) is 0.504. The topological polar surface area (TPSA) is 91.9 Å². The molecule has 0 aromatic carbocycles. The fraction of sp³-hybridized carbons (Fsp3) is 0.667. The highest BCUT2D eigenvalue weighted by Crippen LogP contribution is 2.10. The normalized spacial score (nSPS) is 15.7. The highest BCUT2D eigenvalue weighted by molar-refractivity contribution is 7.89. The lowest BCUT2D eigenvalue weighted by atomic mass is 10.3. The van der Waals surface area contributed by atoms with Crippen LogP contribution in [0.1, 0.15) is 19.0 Å². The van der Waals surface area contributed by atoms with Gasteiger partial charge in [-0.25, -0.2) is 13.1 Å². The zero-order chi connectivity index (χ0) is 13.1. The van der Waals surface area contributed by atoms with E-state index in [1.54, 1.807) is 13.2 Å². The molecular weight excluding hydrogens is 262 g/mol. The van der Waals surface area contributed by atoms with E-state index in [-0.39, 0.29) is 16.7 Å². The minimum atomic E-state index is -3.51. The third-order valence-corrected chi connectivity index (χ3v) is 5.43. The number of hydrogen-bond acceptors (Lipinski definition) is 4. The Morgan fingerprint density at radius 1 is 1.59 bits per heavy atom. The Kier molecular flexibility index (Phi) is 4.84. The molecule has 0 amide bonds. The Balaban J connectivity index is 2.58. The van der Waals surface area contributed by atoms with Crippen molar-refractivity contribution >= 4 is 20.8 Å². The molecule has 2 atom stereocenters. The quantitative estimate of drug-likeness (QED) is 0.775. The van der Waals surface area contributed by atoms with Crippen molar-refractivity contribution in [3.8, 4) is 0 Å². The Bertz CT molecular complexity index is 495. The van der Waals surface area contributed by atoms with Gasteiger partial charge in [-0.1, -0.05) is 6.92 Å². The van der Waals surface area contributed by atoms with E-state index in [0.29, 0.717) is 12.1 Å². The highest BCUT2D eigenvalue weighted by atomic mass is 32.2. The van der Waals surface area contributed by atoms with Gasteiger partial charge >= 0.3 is 0 Å². The van der Waals surface area contributed by atoms with Crippen LogP contribution in [0, 0.1) is 6.92 Å². The van der Waals surface area contributed by atoms with Gasteiger partial charge in [-0.2, -0.15) is 5.10 Å². The van der Waals surface area contributed by atoms with Gasteiger partial charge in [-0.3, -0.25) is 9.31 Å². The smallest absolute Gasteiger partial charge is 0.243 e. The van der Waals surface area contributed by atoms with Crippen LogP contribution in [-0.2, 0) is 20.8 Å². The molecule has 8 heteroatoms. The molecule has 1 heterocycles. The largest absolute Gasteiger partial charge is 0.281 e. The van der Waals surface area contributed by atoms with Gasteiger partial charge in [0, 0.05) is 28.9 Å². The first-order valence-corrected chi connectivity index (χ1v) is 8.27. The van der Waals surface area contributed by atoms with Crippen molar-refractivity contribution in [1.82, 2.24) is 14.9 Å². The van der Waals surface area contributed by atoms with Crippen LogP contribution in [0.2, 0.25) is 0 Å². The molecule has 0 radical (unpaired) electrons. The lowest BCUT2D eigenvalue weighted by Crippen LogP contribution is -2.27. The first-order chi connectivity index (χ1) is 7.84. The molecule has 17 heavy (non-hydrogen) atoms. The van der Waals surface area contributed by atoms with Crippen molar-refractivity contribution in [3.05, 3.63) is 11.9 Å². The third-order valence-electron chi connectivity index (χ3n) is 2.48. The second kappa shape index (κ2) is 5.74. The van der Waals surface area contributed by atoms with Gasteiger partial charge in [0.05, 0.1) is 11.9 Å². The van der Waals surface area contributed by atoms with E-state index in [1.807, 2.05) is 6.92 Å². The summed E-state index contributed by atoms with van der Waals surface area (Å²) in [5.74, 6) is 0. The van der Waals surface area contributed by atoms with Gasteiger partial charge in [0.2, 0.25) is 10.0 Å². The van der Waals surface area contributed by atoms with Gasteiger partial charge in [0.1, 0.15) is 4.90 Å². The molecule has 2 N–H and O–H groups in total. The van der Waals surface area contributed by atoms with Crippen LogP contribution in [0.3, 0.4) is 0 Å². The molecule has 1 aromatic heterocycles. The summed E-state index contributed by atoms with van der Waals surface area (Å²) in [6.07, 6.45) is 3.43. The van der Waals surface area contributed by atoms with Crippen LogP contribution in [-0.4, -0.2) is 40.9 Å². The maximum atomic E-state index is 11.8. The molecule has 0 aliphatic heterocycles. The van der Waals surface area contributed by atoms with E-state index in [9.17, 15) is 12.6 Å². The summed E-state index contributed by atoms with van der Waals surface area (Å²) in [4.78, 5) is 0.155. The number of H-pyrrole nitrogens is 1. The van der Waals surface area contributed by atoms with Crippen LogP contribution in [0.5, 0.6) is 0 Å². The fourth-order valence-corrected chi connectivity index (χ4v) is 2.88. The number of rotatable bonds is 6. The number of sulfonamides is 1. The standard InChI is InChI=1S/C9H17N3O3S2/c1-7(16(3)13)4-5-11-17(14,15)9-6-10-12-8(9)2/h6-7,11H,4-5H2,1-3H3,(H,10,12). The van der Waals surface area contributed by atoms with Gasteiger partial charge in [0.15, 0.2) is 0 Å². The van der Waals surface area contributed by atoms with E-state index >= 15 is 0 Å². The summed E-state index contributed by atoms with van der Waals surface area (Å²) in [7, 11) is -4.44. The summed E-state index contributed by atoms with van der Waals surface area (Å²) >= 11 is 0. The Labute approximate surface area is 104 Å². The van der Waals surface area contributed by atoms with Crippen molar-refractivity contribution in [2.24, 2.45) is 0 Å². The van der Waals surface area contributed by atoms with E-state index in [2.05, 4.69) is 14.9 Å². The minimum Gasteiger partial charge on any atom is -0.281 e. The first kappa shape index (κ1) is 14.3. The van der Waals surface area contributed by atoms with Gasteiger partial charge in [-0.15, -0.1) is 0 Å². The molecular formula is C9H17N3O3S2. The molecule has 6 nitrogen and oxygen atoms in total. The number of aryl methyl sites for hydroxylation is 1. The molecule has 98 valence electrons. The second-order valence-electron chi connectivity index (χ2n) is 3.85. The SMILES string of the molecule is Cc1[nH]ncc1S(=O)(=O)NCCC(C)S(C)=O. The summed E-state index contributed by atoms with van der Waals surface area (Å²) in [5, 5.41) is 6.22. The summed E-state index contributed by atoms with van der Waals surface area (Å²) in [6, 6.07) is 0. The molecule has 0 saturated heterocycles. The maximum absolute atomic E-state index is 11.8. The van der Waals surface area contributed by atoms with Crippen molar-refractivity contribution in [2.75, 3.05) is 12.8 Å². The predicted molar refractivity (Wildman–Crippen MR) is 66.7 cm³/mol. The zero-order valence-corrected chi connectivity index (χ0v) is 11.7. The van der Waals surface area contributed by atoms with Crippen LogP contribution >= 0.6 is 0 Å². The molecule has 0 aliphatic rings. The molecule has 0 saturated carbocycles. The average Bonchev–Trinajstić information content (AvgIpc) is 2.64. The van der Waals surface area contributed by atoms with Crippen LogP contribution in [0.25, 0.3) is 0 Å². The lowest BCUT2D eigenvalue weighted by molar-refractivity contribution is 0.577. The van der Waals surface area contributed by atoms with E-state index in [4.69, 9.17) is 0 Å². The van der Waals surface area contributed by atoms with Gasteiger partial charge < -0.3 is 0 Å². The molecule has 2 unspecified atom stereocenters. The minimum absolute atomic E-state index is 0.0249. The summed E-state index contributed by atoms with van der Waals surface area (Å²) < 4.78 is 37.2. The maximum Gasteiger partial charge on any atom is 0.243 e. The molecule has 0 aliphatic carbocycles. The molecule has 1 rings (SSSR count). The van der Waals surface area contributed by atoms with Crippen molar-refractivity contribution in [2.45, 2.75) is 30.4 Å². The van der Waals surface area contributed by atoms with Crippen LogP contribution in [0.15, 0.2) is 11.1 Å². The van der Waals surface area contributed by atoms with Gasteiger partial charge in [0.25, 0.3) is 0 Å². The Morgan fingerprint density at radius 3 is 2.71 bits per heavy atom. The fourth-order valence-electron chi connectivity index (χ4n) is 1.25. The van der Waals surface area contributed by atoms with Crippen LogP contribution in [0.4, 0.5) is 0 Å². The third kappa shape index (κ3) is 3.90. The summed E-state index contributed by atoms with van der Waals surface area (Å²) in [6.45, 7) is 3.74. The number of nitrogens with one attached hydrogen (secondary N) is 2. The zero-order valence-electron chi connectivity index (χ0n) is 10.1. The molecule has 0 fully saturated rings. The van der Waals surface area contributed by atoms with E-state index in [0.717, 1.165) is 0 Å². The average molecular weight is 279 g/mol.